The Labute approximate surface area is 127 Å². The van der Waals surface area contributed by atoms with Gasteiger partial charge in [0.15, 0.2) is 0 Å². The third-order valence-corrected chi connectivity index (χ3v) is 4.20. The fourth-order valence-electron chi connectivity index (χ4n) is 1.83. The van der Waals surface area contributed by atoms with E-state index in [1.807, 2.05) is 36.4 Å². The van der Waals surface area contributed by atoms with Crippen LogP contribution in [0.1, 0.15) is 5.56 Å². The Morgan fingerprint density at radius 3 is 2.85 bits per heavy atom. The van der Waals surface area contributed by atoms with Crippen molar-refractivity contribution >= 4 is 29.2 Å². The summed E-state index contributed by atoms with van der Waals surface area (Å²) in [5.41, 5.74) is 9.63. The Bertz CT molecular complexity index is 564. The lowest BCUT2D eigenvalue weighted by atomic mass is 10.1. The van der Waals surface area contributed by atoms with Crippen LogP contribution in [0, 0.1) is 0 Å². The number of thioether (sulfide) groups is 1. The van der Waals surface area contributed by atoms with E-state index in [-0.39, 0.29) is 6.04 Å². The normalized spacial score (nSPS) is 12.3. The molecule has 0 aliphatic heterocycles. The highest BCUT2D eigenvalue weighted by molar-refractivity contribution is 7.99. The van der Waals surface area contributed by atoms with Gasteiger partial charge in [0.05, 0.1) is 0 Å². The van der Waals surface area contributed by atoms with Crippen LogP contribution in [-0.4, -0.2) is 16.8 Å². The number of nitrogens with one attached hydrogen (secondary N) is 1. The van der Waals surface area contributed by atoms with E-state index in [2.05, 4.69) is 10.4 Å². The minimum absolute atomic E-state index is 0.154. The van der Waals surface area contributed by atoms with Gasteiger partial charge in [0.25, 0.3) is 0 Å². The second-order valence-electron chi connectivity index (χ2n) is 4.43. The van der Waals surface area contributed by atoms with Crippen molar-refractivity contribution in [3.63, 3.8) is 0 Å². The fraction of sp³-hybridized carbons (Fsp3) is 0.214. The molecule has 0 amide bonds. The van der Waals surface area contributed by atoms with Gasteiger partial charge in [0.2, 0.25) is 0 Å². The van der Waals surface area contributed by atoms with Crippen LogP contribution >= 0.6 is 23.4 Å². The molecule has 1 atom stereocenters. The fourth-order valence-corrected chi connectivity index (χ4v) is 3.07. The standard InChI is InChI=1S/C14H17ClN4S/c15-11-2-1-3-13(8-11)20-9-12(19-17)6-10-4-5-18-14(16)7-10/h1-5,7-8,12,19H,6,9,17H2,(H2,16,18). The van der Waals surface area contributed by atoms with Gasteiger partial charge in [-0.05, 0) is 42.3 Å². The molecule has 1 unspecified atom stereocenters. The number of aromatic nitrogens is 1. The Kier molecular flexibility index (Phi) is 5.67. The molecular weight excluding hydrogens is 292 g/mol. The van der Waals surface area contributed by atoms with E-state index < -0.39 is 0 Å². The lowest BCUT2D eigenvalue weighted by molar-refractivity contribution is 0.575. The molecule has 2 aromatic rings. The Balaban J connectivity index is 1.92. The average Bonchev–Trinajstić information content (AvgIpc) is 2.43. The molecule has 106 valence electrons. The highest BCUT2D eigenvalue weighted by Crippen LogP contribution is 2.22. The highest BCUT2D eigenvalue weighted by Gasteiger charge is 2.09. The van der Waals surface area contributed by atoms with Crippen molar-refractivity contribution in [3.8, 4) is 0 Å². The summed E-state index contributed by atoms with van der Waals surface area (Å²) < 4.78 is 0. The number of hydrogen-bond donors (Lipinski definition) is 3. The first-order valence-corrected chi connectivity index (χ1v) is 7.58. The first-order chi connectivity index (χ1) is 9.67. The summed E-state index contributed by atoms with van der Waals surface area (Å²) >= 11 is 7.68. The smallest absolute Gasteiger partial charge is 0.123 e. The Morgan fingerprint density at radius 2 is 2.15 bits per heavy atom. The third-order valence-electron chi connectivity index (χ3n) is 2.81. The quantitative estimate of drug-likeness (QED) is 0.434. The topological polar surface area (TPSA) is 77.0 Å². The van der Waals surface area contributed by atoms with Crippen molar-refractivity contribution in [2.24, 2.45) is 5.84 Å². The number of halogens is 1. The first kappa shape index (κ1) is 15.1. The summed E-state index contributed by atoms with van der Waals surface area (Å²) in [6.45, 7) is 0. The Hall–Kier alpha value is -1.27. The van der Waals surface area contributed by atoms with E-state index in [1.54, 1.807) is 18.0 Å². The van der Waals surface area contributed by atoms with Gasteiger partial charge in [-0.3, -0.25) is 11.3 Å². The van der Waals surface area contributed by atoms with Crippen LogP contribution in [0.15, 0.2) is 47.5 Å². The first-order valence-electron chi connectivity index (χ1n) is 6.22. The van der Waals surface area contributed by atoms with Crippen molar-refractivity contribution < 1.29 is 0 Å². The van der Waals surface area contributed by atoms with Gasteiger partial charge >= 0.3 is 0 Å². The highest BCUT2D eigenvalue weighted by atomic mass is 35.5. The molecule has 6 heteroatoms. The molecule has 2 rings (SSSR count). The summed E-state index contributed by atoms with van der Waals surface area (Å²) in [7, 11) is 0. The van der Waals surface area contributed by atoms with Crippen molar-refractivity contribution in [2.75, 3.05) is 11.5 Å². The number of rotatable bonds is 6. The molecule has 0 spiro atoms. The average molecular weight is 309 g/mol. The zero-order chi connectivity index (χ0) is 14.4. The summed E-state index contributed by atoms with van der Waals surface area (Å²) in [4.78, 5) is 5.11. The molecule has 0 aliphatic rings. The molecule has 0 radical (unpaired) electrons. The summed E-state index contributed by atoms with van der Waals surface area (Å²) in [5.74, 6) is 6.99. The number of benzene rings is 1. The van der Waals surface area contributed by atoms with Gasteiger partial charge in [-0.25, -0.2) is 4.98 Å². The predicted molar refractivity (Wildman–Crippen MR) is 85.6 cm³/mol. The maximum absolute atomic E-state index is 5.97. The van der Waals surface area contributed by atoms with Gasteiger partial charge in [0, 0.05) is 27.9 Å². The number of nitrogens with two attached hydrogens (primary N) is 2. The third kappa shape index (κ3) is 4.68. The van der Waals surface area contributed by atoms with Crippen LogP contribution in [0.4, 0.5) is 5.82 Å². The molecule has 5 N–H and O–H groups in total. The minimum atomic E-state index is 0.154. The summed E-state index contributed by atoms with van der Waals surface area (Å²) in [5, 5.41) is 0.745. The largest absolute Gasteiger partial charge is 0.384 e. The second-order valence-corrected chi connectivity index (χ2v) is 5.95. The number of hydrogen-bond acceptors (Lipinski definition) is 5. The van der Waals surface area contributed by atoms with E-state index in [4.69, 9.17) is 23.2 Å². The van der Waals surface area contributed by atoms with E-state index in [0.29, 0.717) is 5.82 Å². The predicted octanol–water partition coefficient (Wildman–Crippen LogP) is 2.48. The number of nitrogens with zero attached hydrogens (tertiary/aromatic N) is 1. The van der Waals surface area contributed by atoms with E-state index >= 15 is 0 Å². The molecule has 0 aliphatic carbocycles. The van der Waals surface area contributed by atoms with Crippen molar-refractivity contribution in [1.82, 2.24) is 10.4 Å². The lowest BCUT2D eigenvalue weighted by Gasteiger charge is -2.15. The van der Waals surface area contributed by atoms with Gasteiger partial charge in [-0.2, -0.15) is 0 Å². The van der Waals surface area contributed by atoms with Crippen molar-refractivity contribution in [1.29, 1.82) is 0 Å². The number of nitrogen functional groups attached to an aromatic ring is 1. The maximum Gasteiger partial charge on any atom is 0.123 e. The van der Waals surface area contributed by atoms with Crippen LogP contribution in [0.3, 0.4) is 0 Å². The number of pyridine rings is 1. The zero-order valence-corrected chi connectivity index (χ0v) is 12.5. The SMILES string of the molecule is NNC(CSc1cccc(Cl)c1)Cc1ccnc(N)c1. The van der Waals surface area contributed by atoms with E-state index in [1.165, 1.54) is 0 Å². The lowest BCUT2D eigenvalue weighted by Crippen LogP contribution is -2.38. The van der Waals surface area contributed by atoms with Gasteiger partial charge < -0.3 is 5.73 Å². The van der Waals surface area contributed by atoms with Crippen LogP contribution in [0.2, 0.25) is 5.02 Å². The second kappa shape index (κ2) is 7.50. The van der Waals surface area contributed by atoms with Crippen molar-refractivity contribution in [2.45, 2.75) is 17.4 Å². The van der Waals surface area contributed by atoms with E-state index in [0.717, 1.165) is 27.7 Å². The molecule has 0 fully saturated rings. The molecule has 0 saturated heterocycles. The summed E-state index contributed by atoms with van der Waals surface area (Å²) in [6, 6.07) is 11.8. The van der Waals surface area contributed by atoms with Crippen molar-refractivity contribution in [3.05, 3.63) is 53.2 Å². The minimum Gasteiger partial charge on any atom is -0.384 e. The zero-order valence-electron chi connectivity index (χ0n) is 10.9. The maximum atomic E-state index is 5.97. The molecular formula is C14H17ClN4S. The molecule has 0 bridgehead atoms. The van der Waals surface area contributed by atoms with Gasteiger partial charge in [-0.15, -0.1) is 11.8 Å². The monoisotopic (exact) mass is 308 g/mol. The summed E-state index contributed by atoms with van der Waals surface area (Å²) in [6.07, 6.45) is 2.51. The molecule has 20 heavy (non-hydrogen) atoms. The molecule has 1 aromatic heterocycles. The van der Waals surface area contributed by atoms with Crippen LogP contribution in [0.5, 0.6) is 0 Å². The van der Waals surface area contributed by atoms with Crippen LogP contribution < -0.4 is 17.0 Å². The van der Waals surface area contributed by atoms with Crippen LogP contribution in [0.25, 0.3) is 0 Å². The number of hydrazine groups is 1. The molecule has 4 nitrogen and oxygen atoms in total. The molecule has 1 heterocycles. The Morgan fingerprint density at radius 1 is 1.30 bits per heavy atom. The molecule has 1 aromatic carbocycles. The van der Waals surface area contributed by atoms with Gasteiger partial charge in [0.1, 0.15) is 5.82 Å². The van der Waals surface area contributed by atoms with Gasteiger partial charge in [-0.1, -0.05) is 17.7 Å². The van der Waals surface area contributed by atoms with Crippen LogP contribution in [-0.2, 0) is 6.42 Å². The molecule has 0 saturated carbocycles. The number of anilines is 1. The van der Waals surface area contributed by atoms with E-state index in [9.17, 15) is 0 Å².